The molecule has 0 aromatic carbocycles. The summed E-state index contributed by atoms with van der Waals surface area (Å²) in [6.07, 6.45) is 2.51. The van der Waals surface area contributed by atoms with E-state index in [2.05, 4.69) is 28.2 Å². The fourth-order valence-electron chi connectivity index (χ4n) is 3.02. The van der Waals surface area contributed by atoms with Gasteiger partial charge >= 0.3 is 0 Å². The Morgan fingerprint density at radius 2 is 2.23 bits per heavy atom. The maximum absolute atomic E-state index is 12.5. The molecule has 0 bridgehead atoms. The number of aromatic amines is 1. The first-order valence-corrected chi connectivity index (χ1v) is 8.61. The van der Waals surface area contributed by atoms with E-state index in [0.29, 0.717) is 18.8 Å². The molecular weight excluding hydrogens is 298 g/mol. The molecule has 0 spiro atoms. The summed E-state index contributed by atoms with van der Waals surface area (Å²) in [6, 6.07) is 2.12. The van der Waals surface area contributed by atoms with Gasteiger partial charge in [-0.2, -0.15) is 0 Å². The van der Waals surface area contributed by atoms with Crippen molar-refractivity contribution in [3.8, 4) is 0 Å². The molecule has 120 valence electrons. The van der Waals surface area contributed by atoms with Crippen LogP contribution in [0, 0.1) is 6.92 Å². The van der Waals surface area contributed by atoms with Gasteiger partial charge in [0.05, 0.1) is 16.8 Å². The number of fused-ring (bicyclic) bond motifs is 1. The second-order valence-electron chi connectivity index (χ2n) is 5.81. The lowest BCUT2D eigenvalue weighted by Crippen LogP contribution is -2.29. The second kappa shape index (κ2) is 6.81. The van der Waals surface area contributed by atoms with Gasteiger partial charge in [-0.15, -0.1) is 11.3 Å². The number of hydrogen-bond donors (Lipinski definition) is 2. The molecule has 5 nitrogen and oxygen atoms in total. The SMILES string of the molecule is COCCNC(=O)c1[nH]c2cc(C)sc2c1CN1CCCC1. The predicted molar refractivity (Wildman–Crippen MR) is 89.6 cm³/mol. The third-order valence-corrected chi connectivity index (χ3v) is 5.20. The Morgan fingerprint density at radius 1 is 1.45 bits per heavy atom. The first kappa shape index (κ1) is 15.5. The molecule has 22 heavy (non-hydrogen) atoms. The van der Waals surface area contributed by atoms with E-state index in [9.17, 15) is 4.79 Å². The van der Waals surface area contributed by atoms with Crippen LogP contribution in [0.1, 0.15) is 33.8 Å². The molecule has 3 rings (SSSR count). The highest BCUT2D eigenvalue weighted by Gasteiger charge is 2.22. The van der Waals surface area contributed by atoms with Crippen LogP contribution < -0.4 is 5.32 Å². The van der Waals surface area contributed by atoms with Crippen LogP contribution in [0.5, 0.6) is 0 Å². The van der Waals surface area contributed by atoms with Crippen molar-refractivity contribution < 1.29 is 9.53 Å². The first-order chi connectivity index (χ1) is 10.7. The second-order valence-corrected chi connectivity index (χ2v) is 7.07. The molecule has 0 atom stereocenters. The highest BCUT2D eigenvalue weighted by molar-refractivity contribution is 7.19. The molecular formula is C16H23N3O2S. The first-order valence-electron chi connectivity index (χ1n) is 7.79. The van der Waals surface area contributed by atoms with E-state index < -0.39 is 0 Å². The van der Waals surface area contributed by atoms with Crippen molar-refractivity contribution in [3.05, 3.63) is 22.2 Å². The monoisotopic (exact) mass is 321 g/mol. The van der Waals surface area contributed by atoms with E-state index in [1.807, 2.05) is 0 Å². The normalized spacial score (nSPS) is 15.7. The van der Waals surface area contributed by atoms with Crippen LogP contribution in [0.15, 0.2) is 6.07 Å². The zero-order chi connectivity index (χ0) is 15.5. The van der Waals surface area contributed by atoms with Gasteiger partial charge in [0, 0.05) is 30.6 Å². The number of nitrogens with one attached hydrogen (secondary N) is 2. The van der Waals surface area contributed by atoms with Gasteiger partial charge in [0.25, 0.3) is 5.91 Å². The Balaban J connectivity index is 1.86. The number of H-pyrrole nitrogens is 1. The minimum absolute atomic E-state index is 0.0349. The summed E-state index contributed by atoms with van der Waals surface area (Å²) >= 11 is 1.77. The third kappa shape index (κ3) is 3.19. The Bertz CT molecular complexity index is 656. The minimum atomic E-state index is -0.0349. The summed E-state index contributed by atoms with van der Waals surface area (Å²) in [5.41, 5.74) is 2.93. The van der Waals surface area contributed by atoms with Crippen molar-refractivity contribution in [2.45, 2.75) is 26.3 Å². The van der Waals surface area contributed by atoms with Crippen LogP contribution in [0.3, 0.4) is 0 Å². The summed E-state index contributed by atoms with van der Waals surface area (Å²) in [6.45, 7) is 6.28. The topological polar surface area (TPSA) is 57.4 Å². The van der Waals surface area contributed by atoms with E-state index in [0.717, 1.165) is 30.7 Å². The largest absolute Gasteiger partial charge is 0.383 e. The van der Waals surface area contributed by atoms with Gasteiger partial charge in [0.1, 0.15) is 5.69 Å². The molecule has 2 aromatic heterocycles. The Morgan fingerprint density at radius 3 is 2.95 bits per heavy atom. The van der Waals surface area contributed by atoms with E-state index in [1.54, 1.807) is 18.4 Å². The molecule has 1 saturated heterocycles. The van der Waals surface area contributed by atoms with Crippen LogP contribution in [0.25, 0.3) is 10.2 Å². The van der Waals surface area contributed by atoms with Crippen molar-refractivity contribution in [3.63, 3.8) is 0 Å². The van der Waals surface area contributed by atoms with Gasteiger partial charge in [0.2, 0.25) is 0 Å². The highest BCUT2D eigenvalue weighted by Crippen LogP contribution is 2.32. The number of aryl methyl sites for hydroxylation is 1. The van der Waals surface area contributed by atoms with Gasteiger partial charge in [0.15, 0.2) is 0 Å². The molecule has 3 heterocycles. The Kier molecular flexibility index (Phi) is 4.81. The number of hydrogen-bond acceptors (Lipinski definition) is 4. The lowest BCUT2D eigenvalue weighted by molar-refractivity contribution is 0.0931. The van der Waals surface area contributed by atoms with Gasteiger partial charge in [-0.05, 0) is 38.9 Å². The molecule has 2 aromatic rings. The summed E-state index contributed by atoms with van der Waals surface area (Å²) in [4.78, 5) is 19.5. The molecule has 0 unspecified atom stereocenters. The van der Waals surface area contributed by atoms with Gasteiger partial charge in [-0.25, -0.2) is 0 Å². The number of carbonyl (C=O) groups excluding carboxylic acids is 1. The Hall–Kier alpha value is -1.37. The molecule has 6 heteroatoms. The summed E-state index contributed by atoms with van der Waals surface area (Å²) in [5, 5.41) is 2.92. The highest BCUT2D eigenvalue weighted by atomic mass is 32.1. The summed E-state index contributed by atoms with van der Waals surface area (Å²) in [5.74, 6) is -0.0349. The summed E-state index contributed by atoms with van der Waals surface area (Å²) in [7, 11) is 1.64. The Labute approximate surface area is 134 Å². The van der Waals surface area contributed by atoms with Gasteiger partial charge in [-0.1, -0.05) is 0 Å². The van der Waals surface area contributed by atoms with Crippen LogP contribution in [0.2, 0.25) is 0 Å². The molecule has 1 amide bonds. The van der Waals surface area contributed by atoms with Crippen molar-refractivity contribution in [1.29, 1.82) is 0 Å². The number of carbonyl (C=O) groups is 1. The number of nitrogens with zero attached hydrogens (tertiary/aromatic N) is 1. The minimum Gasteiger partial charge on any atom is -0.383 e. The number of rotatable bonds is 6. The fraction of sp³-hybridized carbons (Fsp3) is 0.562. The van der Waals surface area contributed by atoms with Gasteiger partial charge < -0.3 is 15.0 Å². The van der Waals surface area contributed by atoms with E-state index in [-0.39, 0.29) is 5.91 Å². The smallest absolute Gasteiger partial charge is 0.268 e. The standard InChI is InChI=1S/C16H23N3O2S/c1-11-9-13-15(22-11)12(10-19-6-3-4-7-19)14(18-13)16(20)17-5-8-21-2/h9,18H,3-8,10H2,1-2H3,(H,17,20). The van der Waals surface area contributed by atoms with Crippen molar-refractivity contribution in [2.75, 3.05) is 33.4 Å². The zero-order valence-electron chi connectivity index (χ0n) is 13.2. The fourth-order valence-corrected chi connectivity index (χ4v) is 4.03. The molecule has 2 N–H and O–H groups in total. The van der Waals surface area contributed by atoms with E-state index in [4.69, 9.17) is 4.74 Å². The lowest BCUT2D eigenvalue weighted by Gasteiger charge is -2.15. The quantitative estimate of drug-likeness (QED) is 0.804. The lowest BCUT2D eigenvalue weighted by atomic mass is 10.2. The van der Waals surface area contributed by atoms with Crippen molar-refractivity contribution >= 4 is 27.5 Å². The summed E-state index contributed by atoms with van der Waals surface area (Å²) < 4.78 is 6.22. The van der Waals surface area contributed by atoms with Crippen LogP contribution in [-0.4, -0.2) is 49.1 Å². The molecule has 0 saturated carbocycles. The maximum Gasteiger partial charge on any atom is 0.268 e. The van der Waals surface area contributed by atoms with Crippen LogP contribution in [0.4, 0.5) is 0 Å². The number of methoxy groups -OCH3 is 1. The zero-order valence-corrected chi connectivity index (χ0v) is 14.0. The van der Waals surface area contributed by atoms with Gasteiger partial charge in [-0.3, -0.25) is 9.69 Å². The van der Waals surface area contributed by atoms with Crippen LogP contribution in [-0.2, 0) is 11.3 Å². The van der Waals surface area contributed by atoms with E-state index in [1.165, 1.54) is 22.4 Å². The number of likely N-dealkylation sites (tertiary alicyclic amines) is 1. The van der Waals surface area contributed by atoms with Crippen LogP contribution >= 0.6 is 11.3 Å². The molecule has 1 fully saturated rings. The third-order valence-electron chi connectivity index (χ3n) is 4.09. The van der Waals surface area contributed by atoms with Crippen molar-refractivity contribution in [1.82, 2.24) is 15.2 Å². The molecule has 0 radical (unpaired) electrons. The average Bonchev–Trinajstić information content (AvgIpc) is 3.17. The van der Waals surface area contributed by atoms with E-state index >= 15 is 0 Å². The number of thiophene rings is 1. The number of ether oxygens (including phenoxy) is 1. The number of amides is 1. The molecule has 0 aliphatic carbocycles. The maximum atomic E-state index is 12.5. The predicted octanol–water partition coefficient (Wildman–Crippen LogP) is 2.51. The molecule has 1 aliphatic rings. The van der Waals surface area contributed by atoms with Crippen molar-refractivity contribution in [2.24, 2.45) is 0 Å². The average molecular weight is 321 g/mol. The number of aromatic nitrogens is 1. The molecule has 1 aliphatic heterocycles.